The molecule has 92 valence electrons. The molecule has 3 heteroatoms. The number of nitrogens with one attached hydrogen (secondary N) is 1. The van der Waals surface area contributed by atoms with Crippen LogP contribution in [0, 0.1) is 0 Å². The Labute approximate surface area is 98.8 Å². The van der Waals surface area contributed by atoms with Crippen LogP contribution in [-0.4, -0.2) is 49.8 Å². The summed E-state index contributed by atoms with van der Waals surface area (Å²) in [5.74, 6) is 0. The number of hydrogen-bond donors (Lipinski definition) is 1. The van der Waals surface area contributed by atoms with Gasteiger partial charge in [-0.3, -0.25) is 4.90 Å². The molecule has 0 amide bonds. The van der Waals surface area contributed by atoms with Gasteiger partial charge in [0.2, 0.25) is 0 Å². The van der Waals surface area contributed by atoms with Crippen LogP contribution >= 0.6 is 0 Å². The van der Waals surface area contributed by atoms with Gasteiger partial charge in [-0.25, -0.2) is 0 Å². The number of morpholine rings is 1. The predicted molar refractivity (Wildman–Crippen MR) is 66.6 cm³/mol. The van der Waals surface area contributed by atoms with Crippen molar-refractivity contribution in [2.45, 2.75) is 38.3 Å². The molecular formula is C13H24N2O. The molecule has 1 N–H and O–H groups in total. The van der Waals surface area contributed by atoms with E-state index in [1.165, 1.54) is 25.0 Å². The van der Waals surface area contributed by atoms with Gasteiger partial charge in [-0.2, -0.15) is 0 Å². The van der Waals surface area contributed by atoms with E-state index in [1.54, 1.807) is 0 Å². The molecule has 16 heavy (non-hydrogen) atoms. The third-order valence-electron chi connectivity index (χ3n) is 3.71. The second-order valence-corrected chi connectivity index (χ2v) is 4.98. The van der Waals surface area contributed by atoms with Gasteiger partial charge < -0.3 is 10.1 Å². The van der Waals surface area contributed by atoms with Gasteiger partial charge in [-0.05, 0) is 25.8 Å². The highest BCUT2D eigenvalue weighted by Crippen LogP contribution is 2.22. The maximum atomic E-state index is 5.87. The minimum absolute atomic E-state index is 0.374. The minimum atomic E-state index is 0.374. The van der Waals surface area contributed by atoms with Crippen molar-refractivity contribution < 1.29 is 4.74 Å². The van der Waals surface area contributed by atoms with Crippen LogP contribution in [0.25, 0.3) is 0 Å². The van der Waals surface area contributed by atoms with Gasteiger partial charge in [-0.1, -0.05) is 19.1 Å². The van der Waals surface area contributed by atoms with E-state index >= 15 is 0 Å². The summed E-state index contributed by atoms with van der Waals surface area (Å²) >= 11 is 0. The van der Waals surface area contributed by atoms with Gasteiger partial charge in [0.25, 0.3) is 0 Å². The summed E-state index contributed by atoms with van der Waals surface area (Å²) in [7, 11) is 0. The molecule has 2 aliphatic rings. The highest BCUT2D eigenvalue weighted by Gasteiger charge is 2.31. The van der Waals surface area contributed by atoms with E-state index in [9.17, 15) is 0 Å². The molecule has 2 rings (SSSR count). The first-order valence-electron chi connectivity index (χ1n) is 6.52. The molecule has 0 radical (unpaired) electrons. The lowest BCUT2D eigenvalue weighted by Gasteiger charge is -2.35. The number of nitrogens with zero attached hydrogens (tertiary/aromatic N) is 1. The van der Waals surface area contributed by atoms with Crippen molar-refractivity contribution in [2.75, 3.05) is 32.8 Å². The van der Waals surface area contributed by atoms with E-state index in [0.29, 0.717) is 12.1 Å². The maximum Gasteiger partial charge on any atom is 0.0827 e. The second kappa shape index (κ2) is 5.80. The molecule has 2 fully saturated rings. The molecule has 0 spiro atoms. The fraction of sp³-hybridized carbons (Fsp3) is 0.846. The SMILES string of the molecule is C=C(CC)CNCC1CN2CCCC2CO1. The molecule has 2 saturated heterocycles. The van der Waals surface area contributed by atoms with Crippen LogP contribution in [0.2, 0.25) is 0 Å². The molecule has 0 saturated carbocycles. The first-order chi connectivity index (χ1) is 7.79. The third kappa shape index (κ3) is 3.06. The van der Waals surface area contributed by atoms with E-state index in [-0.39, 0.29) is 0 Å². The first-order valence-corrected chi connectivity index (χ1v) is 6.52. The molecule has 0 aliphatic carbocycles. The summed E-state index contributed by atoms with van der Waals surface area (Å²) in [4.78, 5) is 2.59. The summed E-state index contributed by atoms with van der Waals surface area (Å²) in [5, 5.41) is 3.43. The van der Waals surface area contributed by atoms with Gasteiger partial charge in [0.05, 0.1) is 12.7 Å². The average Bonchev–Trinajstić information content (AvgIpc) is 2.76. The molecule has 2 unspecified atom stereocenters. The number of hydrogen-bond acceptors (Lipinski definition) is 3. The largest absolute Gasteiger partial charge is 0.374 e. The second-order valence-electron chi connectivity index (χ2n) is 4.98. The van der Waals surface area contributed by atoms with Gasteiger partial charge in [0, 0.05) is 25.7 Å². The van der Waals surface area contributed by atoms with Crippen LogP contribution in [0.15, 0.2) is 12.2 Å². The monoisotopic (exact) mass is 224 g/mol. The Morgan fingerprint density at radius 1 is 1.56 bits per heavy atom. The predicted octanol–water partition coefficient (Wildman–Crippen LogP) is 1.41. The molecule has 3 nitrogen and oxygen atoms in total. The van der Waals surface area contributed by atoms with Crippen molar-refractivity contribution in [3.8, 4) is 0 Å². The Kier molecular flexibility index (Phi) is 4.38. The van der Waals surface area contributed by atoms with E-state index < -0.39 is 0 Å². The molecular weight excluding hydrogens is 200 g/mol. The Morgan fingerprint density at radius 2 is 2.44 bits per heavy atom. The van der Waals surface area contributed by atoms with Gasteiger partial charge in [0.15, 0.2) is 0 Å². The molecule has 2 aliphatic heterocycles. The van der Waals surface area contributed by atoms with Crippen LogP contribution in [0.1, 0.15) is 26.2 Å². The summed E-state index contributed by atoms with van der Waals surface area (Å²) in [6, 6.07) is 0.710. The maximum absolute atomic E-state index is 5.87. The summed E-state index contributed by atoms with van der Waals surface area (Å²) in [6.45, 7) is 11.3. The lowest BCUT2D eigenvalue weighted by molar-refractivity contribution is -0.0466. The Hall–Kier alpha value is -0.380. The summed E-state index contributed by atoms with van der Waals surface area (Å²) < 4.78 is 5.87. The van der Waals surface area contributed by atoms with Crippen LogP contribution in [0.4, 0.5) is 0 Å². The van der Waals surface area contributed by atoms with Crippen molar-refractivity contribution in [1.82, 2.24) is 10.2 Å². The molecule has 0 aromatic heterocycles. The van der Waals surface area contributed by atoms with Crippen molar-refractivity contribution in [3.63, 3.8) is 0 Å². The lowest BCUT2D eigenvalue weighted by atomic mass is 10.2. The summed E-state index contributed by atoms with van der Waals surface area (Å²) in [6.07, 6.45) is 4.11. The fourth-order valence-corrected chi connectivity index (χ4v) is 2.54. The first kappa shape index (κ1) is 12.1. The van der Waals surface area contributed by atoms with E-state index in [0.717, 1.165) is 32.7 Å². The third-order valence-corrected chi connectivity index (χ3v) is 3.71. The smallest absolute Gasteiger partial charge is 0.0827 e. The van der Waals surface area contributed by atoms with Gasteiger partial charge >= 0.3 is 0 Å². The van der Waals surface area contributed by atoms with Crippen LogP contribution < -0.4 is 5.32 Å². The Morgan fingerprint density at radius 3 is 3.25 bits per heavy atom. The summed E-state index contributed by atoms with van der Waals surface area (Å²) in [5.41, 5.74) is 1.27. The van der Waals surface area contributed by atoms with Crippen LogP contribution in [-0.2, 0) is 4.74 Å². The quantitative estimate of drug-likeness (QED) is 0.715. The zero-order valence-electron chi connectivity index (χ0n) is 10.4. The normalized spacial score (nSPS) is 30.3. The average molecular weight is 224 g/mol. The zero-order valence-corrected chi connectivity index (χ0v) is 10.4. The van der Waals surface area contributed by atoms with Gasteiger partial charge in [-0.15, -0.1) is 0 Å². The standard InChI is InChI=1S/C13H24N2O/c1-3-11(2)7-14-8-13-9-15-6-4-5-12(15)10-16-13/h12-14H,2-10H2,1H3. The van der Waals surface area contributed by atoms with Crippen molar-refractivity contribution in [2.24, 2.45) is 0 Å². The molecule has 2 atom stereocenters. The minimum Gasteiger partial charge on any atom is -0.374 e. The highest BCUT2D eigenvalue weighted by molar-refractivity contribution is 4.95. The molecule has 0 aromatic rings. The lowest BCUT2D eigenvalue weighted by Crippen LogP contribution is -2.49. The van der Waals surface area contributed by atoms with Crippen molar-refractivity contribution in [3.05, 3.63) is 12.2 Å². The number of fused-ring (bicyclic) bond motifs is 1. The van der Waals surface area contributed by atoms with E-state index in [1.807, 2.05) is 0 Å². The molecule has 0 bridgehead atoms. The van der Waals surface area contributed by atoms with Crippen LogP contribution in [0.3, 0.4) is 0 Å². The molecule has 2 heterocycles. The van der Waals surface area contributed by atoms with Crippen molar-refractivity contribution in [1.29, 1.82) is 0 Å². The van der Waals surface area contributed by atoms with Crippen molar-refractivity contribution >= 4 is 0 Å². The Bertz CT molecular complexity index is 242. The highest BCUT2D eigenvalue weighted by atomic mass is 16.5. The van der Waals surface area contributed by atoms with E-state index in [4.69, 9.17) is 4.74 Å². The number of rotatable bonds is 5. The fourth-order valence-electron chi connectivity index (χ4n) is 2.54. The van der Waals surface area contributed by atoms with Gasteiger partial charge in [0.1, 0.15) is 0 Å². The van der Waals surface area contributed by atoms with E-state index in [2.05, 4.69) is 23.7 Å². The Balaban J connectivity index is 1.65. The molecule has 0 aromatic carbocycles. The number of ether oxygens (including phenoxy) is 1. The van der Waals surface area contributed by atoms with Crippen LogP contribution in [0.5, 0.6) is 0 Å². The zero-order chi connectivity index (χ0) is 11.4. The topological polar surface area (TPSA) is 24.5 Å².